The molecule has 10 heteroatoms. The van der Waals surface area contributed by atoms with Gasteiger partial charge in [-0.1, -0.05) is 12.1 Å². The topological polar surface area (TPSA) is 124 Å². The highest BCUT2D eigenvalue weighted by molar-refractivity contribution is 8.01. The van der Waals surface area contributed by atoms with Crippen LogP contribution in [0.2, 0.25) is 0 Å². The number of halogens is 1. The molecule has 2 aliphatic heterocycles. The number of hydrogen-bond donors (Lipinski definition) is 3. The number of rotatable bonds is 5. The van der Waals surface area contributed by atoms with Crippen molar-refractivity contribution in [2.24, 2.45) is 0 Å². The second-order valence-electron chi connectivity index (χ2n) is 6.91. The zero-order valence-electron chi connectivity index (χ0n) is 14.4. The van der Waals surface area contributed by atoms with E-state index in [4.69, 9.17) is 0 Å². The third kappa shape index (κ3) is 3.14. The molecule has 0 radical (unpaired) electrons. The molecule has 27 heavy (non-hydrogen) atoms. The predicted octanol–water partition coefficient (Wildman–Crippen LogP) is 0.626. The van der Waals surface area contributed by atoms with E-state index in [9.17, 15) is 33.8 Å². The third-order valence-corrected chi connectivity index (χ3v) is 6.26. The molecule has 0 bridgehead atoms. The van der Waals surface area contributed by atoms with Gasteiger partial charge in [-0.15, -0.1) is 11.8 Å². The Labute approximate surface area is 157 Å². The van der Waals surface area contributed by atoms with Crippen molar-refractivity contribution in [3.05, 3.63) is 35.6 Å². The lowest BCUT2D eigenvalue weighted by Gasteiger charge is -2.43. The van der Waals surface area contributed by atoms with Gasteiger partial charge in [0.15, 0.2) is 5.92 Å². The van der Waals surface area contributed by atoms with Gasteiger partial charge in [-0.05, 0) is 31.5 Å². The van der Waals surface area contributed by atoms with Crippen molar-refractivity contribution in [1.29, 1.82) is 0 Å². The number of carbonyl (C=O) groups is 4. The minimum atomic E-state index is -1.61. The van der Waals surface area contributed by atoms with E-state index in [-0.39, 0.29) is 5.56 Å². The van der Waals surface area contributed by atoms with Crippen LogP contribution in [-0.2, 0) is 19.2 Å². The quantitative estimate of drug-likeness (QED) is 0.492. The van der Waals surface area contributed by atoms with Crippen LogP contribution in [0.25, 0.3) is 0 Å². The monoisotopic (exact) mass is 396 g/mol. The number of aliphatic carboxylic acids is 2. The van der Waals surface area contributed by atoms with Crippen LogP contribution in [0.1, 0.15) is 25.3 Å². The number of nitrogens with zero attached hydrogens (tertiary/aromatic N) is 1. The maximum atomic E-state index is 13.1. The van der Waals surface area contributed by atoms with E-state index < -0.39 is 57.7 Å². The number of amides is 2. The first-order valence-electron chi connectivity index (χ1n) is 8.06. The summed E-state index contributed by atoms with van der Waals surface area (Å²) in [5.41, 5.74) is 0.0767. The van der Waals surface area contributed by atoms with Gasteiger partial charge in [0.2, 0.25) is 11.8 Å². The van der Waals surface area contributed by atoms with Crippen LogP contribution < -0.4 is 5.32 Å². The minimum Gasteiger partial charge on any atom is -0.480 e. The number of carboxylic acid groups (broad SMARTS) is 2. The second kappa shape index (κ2) is 6.52. The van der Waals surface area contributed by atoms with Gasteiger partial charge in [0.1, 0.15) is 23.3 Å². The summed E-state index contributed by atoms with van der Waals surface area (Å²) in [5, 5.41) is 20.6. The van der Waals surface area contributed by atoms with E-state index in [1.807, 2.05) is 0 Å². The molecule has 0 aromatic heterocycles. The molecule has 4 atom stereocenters. The molecular formula is C17H17FN2O6S. The van der Waals surface area contributed by atoms with E-state index in [0.29, 0.717) is 0 Å². The number of thioether (sulfide) groups is 1. The van der Waals surface area contributed by atoms with E-state index in [1.165, 1.54) is 28.8 Å². The molecule has 2 aliphatic rings. The van der Waals surface area contributed by atoms with Crippen molar-refractivity contribution in [2.75, 3.05) is 0 Å². The van der Waals surface area contributed by atoms with Crippen LogP contribution in [-0.4, -0.2) is 61.1 Å². The Hall–Kier alpha value is -2.62. The van der Waals surface area contributed by atoms with E-state index >= 15 is 0 Å². The highest BCUT2D eigenvalue weighted by Gasteiger charge is 2.64. The molecule has 2 fully saturated rings. The number of carbonyl (C=O) groups excluding carboxylic acids is 2. The molecule has 144 valence electrons. The number of carboxylic acids is 2. The normalized spacial score (nSPS) is 26.7. The first-order valence-corrected chi connectivity index (χ1v) is 8.94. The highest BCUT2D eigenvalue weighted by Crippen LogP contribution is 2.50. The molecule has 2 heterocycles. The van der Waals surface area contributed by atoms with Gasteiger partial charge in [0.25, 0.3) is 0 Å². The SMILES string of the molecule is CC1(C)SC2C(NC(=O)C(C(=O)O)c3ccc(F)cc3)C(=O)N2C1C(=O)O. The van der Waals surface area contributed by atoms with Gasteiger partial charge in [-0.25, -0.2) is 9.18 Å². The average Bonchev–Trinajstić information content (AvgIpc) is 2.82. The number of nitrogens with one attached hydrogen (secondary N) is 1. The minimum absolute atomic E-state index is 0.0767. The summed E-state index contributed by atoms with van der Waals surface area (Å²) < 4.78 is 12.3. The Kier molecular flexibility index (Phi) is 4.62. The van der Waals surface area contributed by atoms with Gasteiger partial charge < -0.3 is 20.4 Å². The Balaban J connectivity index is 1.78. The van der Waals surface area contributed by atoms with Crippen LogP contribution in [0.5, 0.6) is 0 Å². The lowest BCUT2D eigenvalue weighted by Crippen LogP contribution is -2.71. The molecule has 2 amide bonds. The summed E-state index contributed by atoms with van der Waals surface area (Å²) in [7, 11) is 0. The molecule has 0 spiro atoms. The molecule has 3 rings (SSSR count). The first kappa shape index (κ1) is 19.2. The highest BCUT2D eigenvalue weighted by atomic mass is 32.2. The summed E-state index contributed by atoms with van der Waals surface area (Å²) in [6.45, 7) is 3.39. The lowest BCUT2D eigenvalue weighted by molar-refractivity contribution is -0.161. The number of hydrogen-bond acceptors (Lipinski definition) is 5. The van der Waals surface area contributed by atoms with Gasteiger partial charge in [-0.2, -0.15) is 0 Å². The zero-order chi connectivity index (χ0) is 20.1. The van der Waals surface area contributed by atoms with Gasteiger partial charge in [-0.3, -0.25) is 14.4 Å². The van der Waals surface area contributed by atoms with Crippen molar-refractivity contribution < 1.29 is 33.8 Å². The fourth-order valence-corrected chi connectivity index (χ4v) is 5.07. The fourth-order valence-electron chi connectivity index (χ4n) is 3.44. The Morgan fingerprint density at radius 3 is 2.33 bits per heavy atom. The lowest BCUT2D eigenvalue weighted by atomic mass is 9.94. The molecule has 0 aliphatic carbocycles. The maximum Gasteiger partial charge on any atom is 0.327 e. The standard InChI is InChI=1S/C17H17FN2O6S/c1-17(2)11(16(25)26)20-13(22)10(14(20)27-17)19-12(21)9(15(23)24)7-3-5-8(18)6-4-7/h3-6,9-11,14H,1-2H3,(H,19,21)(H,23,24)(H,25,26). The third-order valence-electron chi connectivity index (χ3n) is 4.69. The summed E-state index contributed by atoms with van der Waals surface area (Å²) in [4.78, 5) is 49.1. The molecule has 1 aromatic rings. The van der Waals surface area contributed by atoms with Crippen molar-refractivity contribution in [1.82, 2.24) is 10.2 Å². The molecule has 4 unspecified atom stereocenters. The van der Waals surface area contributed by atoms with E-state index in [1.54, 1.807) is 13.8 Å². The molecule has 8 nitrogen and oxygen atoms in total. The number of benzene rings is 1. The number of fused-ring (bicyclic) bond motifs is 1. The van der Waals surface area contributed by atoms with Gasteiger partial charge >= 0.3 is 11.9 Å². The van der Waals surface area contributed by atoms with Gasteiger partial charge in [0, 0.05) is 4.75 Å². The van der Waals surface area contributed by atoms with Crippen LogP contribution in [0, 0.1) is 5.82 Å². The summed E-state index contributed by atoms with van der Waals surface area (Å²) >= 11 is 1.24. The van der Waals surface area contributed by atoms with Crippen molar-refractivity contribution >= 4 is 35.5 Å². The molecule has 1 aromatic carbocycles. The fraction of sp³-hybridized carbons (Fsp3) is 0.412. The molecule has 0 saturated carbocycles. The summed E-state index contributed by atoms with van der Waals surface area (Å²) in [5.74, 6) is -6.24. The van der Waals surface area contributed by atoms with E-state index in [2.05, 4.69) is 5.32 Å². The largest absolute Gasteiger partial charge is 0.480 e. The van der Waals surface area contributed by atoms with Crippen LogP contribution in [0.15, 0.2) is 24.3 Å². The molecule has 2 saturated heterocycles. The Morgan fingerprint density at radius 1 is 1.22 bits per heavy atom. The maximum absolute atomic E-state index is 13.1. The van der Waals surface area contributed by atoms with Crippen LogP contribution in [0.4, 0.5) is 4.39 Å². The van der Waals surface area contributed by atoms with Crippen molar-refractivity contribution in [3.8, 4) is 0 Å². The average molecular weight is 396 g/mol. The Morgan fingerprint density at radius 2 is 1.81 bits per heavy atom. The van der Waals surface area contributed by atoms with E-state index in [0.717, 1.165) is 12.1 Å². The predicted molar refractivity (Wildman–Crippen MR) is 92.4 cm³/mol. The smallest absolute Gasteiger partial charge is 0.327 e. The van der Waals surface area contributed by atoms with Crippen molar-refractivity contribution in [2.45, 2.75) is 42.0 Å². The Bertz CT molecular complexity index is 827. The number of β-lactam (4-membered cyclic amide) rings is 1. The van der Waals surface area contributed by atoms with Crippen LogP contribution >= 0.6 is 11.8 Å². The summed E-state index contributed by atoms with van der Waals surface area (Å²) in [6, 6.07) is 2.44. The first-order chi connectivity index (χ1) is 12.5. The van der Waals surface area contributed by atoms with Crippen molar-refractivity contribution in [3.63, 3.8) is 0 Å². The van der Waals surface area contributed by atoms with Gasteiger partial charge in [0.05, 0.1) is 0 Å². The summed E-state index contributed by atoms with van der Waals surface area (Å²) in [6.07, 6.45) is 0. The molecular weight excluding hydrogens is 379 g/mol. The second-order valence-corrected chi connectivity index (χ2v) is 8.68. The zero-order valence-corrected chi connectivity index (χ0v) is 15.2. The molecule has 3 N–H and O–H groups in total. The van der Waals surface area contributed by atoms with Crippen LogP contribution in [0.3, 0.4) is 0 Å².